The van der Waals surface area contributed by atoms with Gasteiger partial charge in [-0.3, -0.25) is 4.98 Å². The van der Waals surface area contributed by atoms with E-state index in [1.165, 1.54) is 0 Å². The van der Waals surface area contributed by atoms with Crippen molar-refractivity contribution in [3.05, 3.63) is 64.3 Å². The molecule has 2 aromatic carbocycles. The van der Waals surface area contributed by atoms with E-state index in [0.29, 0.717) is 6.54 Å². The molecular formula is C18H16BrN3O. The van der Waals surface area contributed by atoms with Crippen LogP contribution in [0, 0.1) is 6.92 Å². The Morgan fingerprint density at radius 1 is 1.09 bits per heavy atom. The number of aromatic nitrogens is 1. The maximum atomic E-state index is 5.15. The molecule has 0 bridgehead atoms. The Labute approximate surface area is 143 Å². The lowest BCUT2D eigenvalue weighted by molar-refractivity contribution is 0.414. The summed E-state index contributed by atoms with van der Waals surface area (Å²) in [5.41, 5.74) is 3.78. The summed E-state index contributed by atoms with van der Waals surface area (Å²) in [5, 5.41) is 9.73. The van der Waals surface area contributed by atoms with Crippen molar-refractivity contribution in [2.45, 2.75) is 13.5 Å². The number of methoxy groups -OCH3 is 1. The zero-order valence-corrected chi connectivity index (χ0v) is 14.5. The fourth-order valence-corrected chi connectivity index (χ4v) is 2.68. The smallest absolute Gasteiger partial charge is 0.118 e. The van der Waals surface area contributed by atoms with Crippen LogP contribution in [-0.4, -0.2) is 12.1 Å². The highest BCUT2D eigenvalue weighted by Gasteiger charge is 2.04. The highest BCUT2D eigenvalue weighted by Crippen LogP contribution is 2.29. The predicted molar refractivity (Wildman–Crippen MR) is 95.4 cm³/mol. The first-order chi connectivity index (χ1) is 11.2. The van der Waals surface area contributed by atoms with Crippen LogP contribution < -0.4 is 4.74 Å². The Hall–Kier alpha value is -2.27. The van der Waals surface area contributed by atoms with Gasteiger partial charge in [-0.15, -0.1) is 0 Å². The molecule has 0 radical (unpaired) electrons. The fourth-order valence-electron chi connectivity index (χ4n) is 2.32. The standard InChI is InChI=1S/C18H16BrN3O/c1-12-9-18(16-10-14(19)5-8-17(16)21-12)22-20-11-13-3-6-15(23-2)7-4-13/h3-10H,11H2,1-2H3. The number of hydrogen-bond donors (Lipinski definition) is 0. The van der Waals surface area contributed by atoms with E-state index < -0.39 is 0 Å². The lowest BCUT2D eigenvalue weighted by atomic mass is 10.1. The summed E-state index contributed by atoms with van der Waals surface area (Å²) in [5.74, 6) is 0.839. The van der Waals surface area contributed by atoms with Gasteiger partial charge in [-0.1, -0.05) is 28.1 Å². The van der Waals surface area contributed by atoms with Crippen LogP contribution >= 0.6 is 15.9 Å². The second-order valence-corrected chi connectivity index (χ2v) is 6.11. The molecule has 1 aromatic heterocycles. The molecule has 0 amide bonds. The Kier molecular flexibility index (Phi) is 4.67. The molecular weight excluding hydrogens is 354 g/mol. The molecule has 0 saturated carbocycles. The summed E-state index contributed by atoms with van der Waals surface area (Å²) in [6.45, 7) is 2.49. The van der Waals surface area contributed by atoms with E-state index in [9.17, 15) is 0 Å². The van der Waals surface area contributed by atoms with E-state index in [4.69, 9.17) is 4.74 Å². The Morgan fingerprint density at radius 2 is 1.87 bits per heavy atom. The van der Waals surface area contributed by atoms with Crippen molar-refractivity contribution in [3.8, 4) is 5.75 Å². The normalized spacial score (nSPS) is 11.3. The van der Waals surface area contributed by atoms with Gasteiger partial charge in [-0.25, -0.2) is 0 Å². The molecule has 0 atom stereocenters. The van der Waals surface area contributed by atoms with Gasteiger partial charge in [0.05, 0.1) is 24.9 Å². The van der Waals surface area contributed by atoms with E-state index in [1.54, 1.807) is 7.11 Å². The third kappa shape index (κ3) is 3.74. The third-order valence-electron chi connectivity index (χ3n) is 3.47. The van der Waals surface area contributed by atoms with Crippen LogP contribution in [-0.2, 0) is 6.54 Å². The summed E-state index contributed by atoms with van der Waals surface area (Å²) < 4.78 is 6.15. The maximum Gasteiger partial charge on any atom is 0.118 e. The van der Waals surface area contributed by atoms with Gasteiger partial charge < -0.3 is 4.74 Å². The molecule has 0 aliphatic heterocycles. The van der Waals surface area contributed by atoms with Crippen LogP contribution in [0.5, 0.6) is 5.75 Å². The van der Waals surface area contributed by atoms with Gasteiger partial charge in [0.2, 0.25) is 0 Å². The molecule has 0 spiro atoms. The average Bonchev–Trinajstić information content (AvgIpc) is 2.56. The number of azo groups is 1. The molecule has 3 rings (SSSR count). The van der Waals surface area contributed by atoms with E-state index >= 15 is 0 Å². The fraction of sp³-hybridized carbons (Fsp3) is 0.167. The lowest BCUT2D eigenvalue weighted by Gasteiger charge is -2.04. The molecule has 0 saturated heterocycles. The minimum Gasteiger partial charge on any atom is -0.497 e. The first-order valence-electron chi connectivity index (χ1n) is 7.23. The van der Waals surface area contributed by atoms with E-state index in [1.807, 2.05) is 55.5 Å². The second-order valence-electron chi connectivity index (χ2n) is 5.19. The summed E-state index contributed by atoms with van der Waals surface area (Å²) >= 11 is 3.49. The van der Waals surface area contributed by atoms with Crippen molar-refractivity contribution < 1.29 is 4.74 Å². The van der Waals surface area contributed by atoms with Crippen molar-refractivity contribution in [1.29, 1.82) is 0 Å². The topological polar surface area (TPSA) is 46.8 Å². The zero-order chi connectivity index (χ0) is 16.2. The number of fused-ring (bicyclic) bond motifs is 1. The van der Waals surface area contributed by atoms with Gasteiger partial charge in [-0.05, 0) is 48.9 Å². The second kappa shape index (κ2) is 6.87. The molecule has 23 heavy (non-hydrogen) atoms. The Balaban J connectivity index is 1.86. The van der Waals surface area contributed by atoms with Gasteiger partial charge >= 0.3 is 0 Å². The monoisotopic (exact) mass is 369 g/mol. The molecule has 1 heterocycles. The molecule has 5 heteroatoms. The molecule has 0 unspecified atom stereocenters. The average molecular weight is 370 g/mol. The summed E-state index contributed by atoms with van der Waals surface area (Å²) in [6.07, 6.45) is 0. The summed E-state index contributed by atoms with van der Waals surface area (Å²) in [7, 11) is 1.66. The van der Waals surface area contributed by atoms with Crippen LogP contribution in [0.25, 0.3) is 10.9 Å². The van der Waals surface area contributed by atoms with Crippen molar-refractivity contribution in [1.82, 2.24) is 4.98 Å². The Bertz CT molecular complexity index is 860. The van der Waals surface area contributed by atoms with Crippen LogP contribution in [0.15, 0.2) is 63.2 Å². The first kappa shape index (κ1) is 15.6. The molecule has 0 aliphatic carbocycles. The number of nitrogens with zero attached hydrogens (tertiary/aromatic N) is 3. The summed E-state index contributed by atoms with van der Waals surface area (Å²) in [4.78, 5) is 4.53. The number of ether oxygens (including phenoxy) is 1. The largest absolute Gasteiger partial charge is 0.497 e. The van der Waals surface area contributed by atoms with Crippen LogP contribution in [0.1, 0.15) is 11.3 Å². The van der Waals surface area contributed by atoms with Crippen molar-refractivity contribution in [2.75, 3.05) is 7.11 Å². The SMILES string of the molecule is COc1ccc(CN=Nc2cc(C)nc3ccc(Br)cc23)cc1. The van der Waals surface area contributed by atoms with Crippen molar-refractivity contribution >= 4 is 32.5 Å². The van der Waals surface area contributed by atoms with Gasteiger partial charge in [0.25, 0.3) is 0 Å². The molecule has 0 fully saturated rings. The van der Waals surface area contributed by atoms with E-state index in [0.717, 1.165) is 38.1 Å². The maximum absolute atomic E-state index is 5.15. The van der Waals surface area contributed by atoms with Gasteiger partial charge in [0.1, 0.15) is 5.75 Å². The van der Waals surface area contributed by atoms with Gasteiger partial charge in [-0.2, -0.15) is 10.2 Å². The molecule has 3 aromatic rings. The van der Waals surface area contributed by atoms with Crippen molar-refractivity contribution in [3.63, 3.8) is 0 Å². The van der Waals surface area contributed by atoms with Gasteiger partial charge in [0, 0.05) is 15.6 Å². The molecule has 0 aliphatic rings. The number of rotatable bonds is 4. The molecule has 116 valence electrons. The highest BCUT2D eigenvalue weighted by molar-refractivity contribution is 9.10. The first-order valence-corrected chi connectivity index (χ1v) is 8.02. The third-order valence-corrected chi connectivity index (χ3v) is 3.96. The number of aryl methyl sites for hydroxylation is 1. The Morgan fingerprint density at radius 3 is 2.61 bits per heavy atom. The highest BCUT2D eigenvalue weighted by atomic mass is 79.9. The number of pyridine rings is 1. The summed E-state index contributed by atoms with van der Waals surface area (Å²) in [6, 6.07) is 15.8. The van der Waals surface area contributed by atoms with E-state index in [-0.39, 0.29) is 0 Å². The predicted octanol–water partition coefficient (Wildman–Crippen LogP) is 5.60. The van der Waals surface area contributed by atoms with Gasteiger partial charge in [0.15, 0.2) is 0 Å². The van der Waals surface area contributed by atoms with E-state index in [2.05, 4.69) is 31.1 Å². The van der Waals surface area contributed by atoms with Crippen LogP contribution in [0.3, 0.4) is 0 Å². The number of benzene rings is 2. The minimum absolute atomic E-state index is 0.529. The number of hydrogen-bond acceptors (Lipinski definition) is 4. The van der Waals surface area contributed by atoms with Crippen LogP contribution in [0.2, 0.25) is 0 Å². The molecule has 0 N–H and O–H groups in total. The van der Waals surface area contributed by atoms with Crippen molar-refractivity contribution in [2.24, 2.45) is 10.2 Å². The number of halogens is 1. The minimum atomic E-state index is 0.529. The van der Waals surface area contributed by atoms with Crippen LogP contribution in [0.4, 0.5) is 5.69 Å². The quantitative estimate of drug-likeness (QED) is 0.562. The zero-order valence-electron chi connectivity index (χ0n) is 13.0. The lowest BCUT2D eigenvalue weighted by Crippen LogP contribution is -1.85. The molecule has 4 nitrogen and oxygen atoms in total.